The summed E-state index contributed by atoms with van der Waals surface area (Å²) in [5.41, 5.74) is 0.930. The Hall–Kier alpha value is -2.82. The van der Waals surface area contributed by atoms with Gasteiger partial charge >= 0.3 is 6.03 Å². The van der Waals surface area contributed by atoms with Crippen LogP contribution < -0.4 is 5.32 Å². The molecule has 3 heterocycles. The highest BCUT2D eigenvalue weighted by molar-refractivity contribution is 7.10. The molecule has 10 heteroatoms. The number of halogens is 1. The van der Waals surface area contributed by atoms with Gasteiger partial charge in [-0.15, -0.1) is 11.3 Å². The summed E-state index contributed by atoms with van der Waals surface area (Å²) in [5.74, 6) is -0.653. The van der Waals surface area contributed by atoms with Gasteiger partial charge in [-0.1, -0.05) is 31.2 Å². The Morgan fingerprint density at radius 3 is 2.74 bits per heavy atom. The molecule has 35 heavy (non-hydrogen) atoms. The average Bonchev–Trinajstić information content (AvgIpc) is 3.56. The van der Waals surface area contributed by atoms with E-state index in [1.165, 1.54) is 22.4 Å². The van der Waals surface area contributed by atoms with Gasteiger partial charge in [-0.3, -0.25) is 9.69 Å². The Labute approximate surface area is 209 Å². The first-order valence-corrected chi connectivity index (χ1v) is 13.0. The summed E-state index contributed by atoms with van der Waals surface area (Å²) < 4.78 is 19.9. The summed E-state index contributed by atoms with van der Waals surface area (Å²) in [5, 5.41) is 10.8. The predicted octanol–water partition coefficient (Wildman–Crippen LogP) is 3.32. The molecule has 0 spiro atoms. The molecule has 0 saturated carbocycles. The number of ether oxygens (including phenoxy) is 1. The molecule has 0 aliphatic carbocycles. The van der Waals surface area contributed by atoms with Crippen molar-refractivity contribution in [3.63, 3.8) is 0 Å². The Morgan fingerprint density at radius 1 is 1.23 bits per heavy atom. The Morgan fingerprint density at radius 2 is 2.03 bits per heavy atom. The van der Waals surface area contributed by atoms with Crippen LogP contribution in [0.2, 0.25) is 0 Å². The second kappa shape index (κ2) is 12.2. The summed E-state index contributed by atoms with van der Waals surface area (Å²) in [7, 11) is 0. The molecule has 1 aromatic heterocycles. The Bertz CT molecular complexity index is 1030. The van der Waals surface area contributed by atoms with E-state index in [2.05, 4.69) is 15.3 Å². The second-order valence-electron chi connectivity index (χ2n) is 8.61. The third-order valence-corrected chi connectivity index (χ3v) is 7.13. The zero-order valence-electron chi connectivity index (χ0n) is 20.0. The first-order valence-electron chi connectivity index (χ1n) is 12.1. The highest BCUT2D eigenvalue weighted by Gasteiger charge is 2.35. The number of nitrogens with one attached hydrogen (secondary N) is 1. The van der Waals surface area contributed by atoms with E-state index in [1.54, 1.807) is 23.1 Å². The molecule has 0 unspecified atom stereocenters. The normalized spacial score (nSPS) is 18.4. The van der Waals surface area contributed by atoms with Gasteiger partial charge in [-0.25, -0.2) is 14.2 Å². The van der Waals surface area contributed by atoms with Crippen molar-refractivity contribution in [3.8, 4) is 0 Å². The minimum atomic E-state index is -0.364. The van der Waals surface area contributed by atoms with Crippen LogP contribution in [0, 0.1) is 5.82 Å². The lowest BCUT2D eigenvalue weighted by Gasteiger charge is -2.31. The van der Waals surface area contributed by atoms with Gasteiger partial charge in [0.2, 0.25) is 0 Å². The van der Waals surface area contributed by atoms with Gasteiger partial charge in [0.15, 0.2) is 0 Å². The summed E-state index contributed by atoms with van der Waals surface area (Å²) >= 11 is 1.54. The number of hydrogen-bond donors (Lipinski definition) is 1. The monoisotopic (exact) mass is 501 g/mol. The molecule has 0 radical (unpaired) electrons. The van der Waals surface area contributed by atoms with Gasteiger partial charge in [0.05, 0.1) is 25.0 Å². The third kappa shape index (κ3) is 6.45. The molecule has 2 aliphatic heterocycles. The molecule has 0 bridgehead atoms. The van der Waals surface area contributed by atoms with Crippen molar-refractivity contribution in [1.29, 1.82) is 0 Å². The topological polar surface area (TPSA) is 77.5 Å². The number of carbonyl (C=O) groups excluding carboxylic acids is 2. The number of nitrogens with zero attached hydrogens (tertiary/aromatic N) is 4. The van der Waals surface area contributed by atoms with Crippen LogP contribution in [0.15, 0.2) is 46.9 Å². The standard InChI is InChI=1S/C25H32FN5O3S/c1-2-9-27-25(33)30(11-10-29-12-14-34-15-13-29)18-24(32)31-22(23-8-5-16-35-23)17-21(28-31)19-6-3-4-7-20(19)26/h3-8,16,22H,2,9-15,17-18H2,1H3,(H,27,33)/t22-/m1/s1. The van der Waals surface area contributed by atoms with Gasteiger partial charge < -0.3 is 15.0 Å². The number of rotatable bonds is 9. The number of amides is 3. The molecule has 1 aromatic carbocycles. The Balaban J connectivity index is 1.52. The second-order valence-corrected chi connectivity index (χ2v) is 9.59. The van der Waals surface area contributed by atoms with Gasteiger partial charge in [0.25, 0.3) is 5.91 Å². The molecular formula is C25H32FN5O3S. The van der Waals surface area contributed by atoms with Crippen molar-refractivity contribution in [2.75, 3.05) is 52.5 Å². The number of carbonyl (C=O) groups is 2. The molecule has 1 atom stereocenters. The number of benzene rings is 1. The average molecular weight is 502 g/mol. The summed E-state index contributed by atoms with van der Waals surface area (Å²) in [6, 6.07) is 9.77. The van der Waals surface area contributed by atoms with Gasteiger partial charge in [0.1, 0.15) is 12.4 Å². The van der Waals surface area contributed by atoms with Crippen LogP contribution in [0.1, 0.15) is 36.2 Å². The third-order valence-electron chi connectivity index (χ3n) is 6.15. The lowest BCUT2D eigenvalue weighted by Crippen LogP contribution is -2.49. The maximum Gasteiger partial charge on any atom is 0.317 e. The lowest BCUT2D eigenvalue weighted by atomic mass is 10.0. The maximum absolute atomic E-state index is 14.5. The van der Waals surface area contributed by atoms with Crippen LogP contribution in [0.3, 0.4) is 0 Å². The van der Waals surface area contributed by atoms with Crippen molar-refractivity contribution in [2.24, 2.45) is 5.10 Å². The molecule has 1 N–H and O–H groups in total. The van der Waals surface area contributed by atoms with E-state index in [-0.39, 0.29) is 30.3 Å². The van der Waals surface area contributed by atoms with Crippen LogP contribution >= 0.6 is 11.3 Å². The number of hydrogen-bond acceptors (Lipinski definition) is 6. The van der Waals surface area contributed by atoms with Gasteiger partial charge in [-0.2, -0.15) is 5.10 Å². The van der Waals surface area contributed by atoms with E-state index in [9.17, 15) is 14.0 Å². The first kappa shape index (κ1) is 25.3. The number of urea groups is 1. The SMILES string of the molecule is CCCNC(=O)N(CCN1CCOCC1)CC(=O)N1N=C(c2ccccc2F)C[C@@H]1c1cccs1. The fourth-order valence-electron chi connectivity index (χ4n) is 4.22. The van der Waals surface area contributed by atoms with Gasteiger partial charge in [0, 0.05) is 49.6 Å². The molecule has 8 nitrogen and oxygen atoms in total. The van der Waals surface area contributed by atoms with E-state index in [4.69, 9.17) is 4.74 Å². The van der Waals surface area contributed by atoms with Crippen LogP contribution in [0.5, 0.6) is 0 Å². The number of hydrazone groups is 1. The van der Waals surface area contributed by atoms with Crippen molar-refractivity contribution >= 4 is 29.0 Å². The summed E-state index contributed by atoms with van der Waals surface area (Å²) in [4.78, 5) is 31.2. The fourth-order valence-corrected chi connectivity index (χ4v) is 5.03. The Kier molecular flexibility index (Phi) is 8.84. The lowest BCUT2D eigenvalue weighted by molar-refractivity contribution is -0.133. The molecule has 3 amide bonds. The molecule has 2 aliphatic rings. The van der Waals surface area contributed by atoms with Crippen LogP contribution in [0.25, 0.3) is 0 Å². The summed E-state index contributed by atoms with van der Waals surface area (Å²) in [6.45, 7) is 6.46. The maximum atomic E-state index is 14.5. The van der Waals surface area contributed by atoms with E-state index >= 15 is 0 Å². The molecule has 1 fully saturated rings. The summed E-state index contributed by atoms with van der Waals surface area (Å²) in [6.07, 6.45) is 1.23. The van der Waals surface area contributed by atoms with Crippen LogP contribution in [-0.4, -0.2) is 84.9 Å². The van der Waals surface area contributed by atoms with E-state index in [0.717, 1.165) is 24.4 Å². The van der Waals surface area contributed by atoms with E-state index in [0.29, 0.717) is 50.5 Å². The van der Waals surface area contributed by atoms with Crippen LogP contribution in [0.4, 0.5) is 9.18 Å². The number of thiophene rings is 1. The number of morpholine rings is 1. The molecular weight excluding hydrogens is 469 g/mol. The van der Waals surface area contributed by atoms with Crippen LogP contribution in [-0.2, 0) is 9.53 Å². The van der Waals surface area contributed by atoms with Gasteiger partial charge in [-0.05, 0) is 23.9 Å². The largest absolute Gasteiger partial charge is 0.379 e. The quantitative estimate of drug-likeness (QED) is 0.572. The van der Waals surface area contributed by atoms with Crippen molar-refractivity contribution < 1.29 is 18.7 Å². The zero-order valence-corrected chi connectivity index (χ0v) is 20.8. The van der Waals surface area contributed by atoms with E-state index in [1.807, 2.05) is 24.4 Å². The zero-order chi connectivity index (χ0) is 24.6. The van der Waals surface area contributed by atoms with Crippen molar-refractivity contribution in [3.05, 3.63) is 58.0 Å². The van der Waals surface area contributed by atoms with E-state index < -0.39 is 0 Å². The predicted molar refractivity (Wildman–Crippen MR) is 134 cm³/mol. The molecule has 4 rings (SSSR count). The smallest absolute Gasteiger partial charge is 0.317 e. The minimum absolute atomic E-state index is 0.101. The van der Waals surface area contributed by atoms with Crippen molar-refractivity contribution in [1.82, 2.24) is 20.1 Å². The fraction of sp³-hybridized carbons (Fsp3) is 0.480. The molecule has 2 aromatic rings. The molecule has 188 valence electrons. The minimum Gasteiger partial charge on any atom is -0.379 e. The highest BCUT2D eigenvalue weighted by atomic mass is 32.1. The highest BCUT2D eigenvalue weighted by Crippen LogP contribution is 2.35. The van der Waals surface area contributed by atoms with Crippen molar-refractivity contribution in [2.45, 2.75) is 25.8 Å². The molecule has 1 saturated heterocycles. The first-order chi connectivity index (χ1) is 17.1.